The highest BCUT2D eigenvalue weighted by atomic mass is 16.5. The van der Waals surface area contributed by atoms with E-state index in [0.29, 0.717) is 17.5 Å². The first kappa shape index (κ1) is 24.7. The lowest BCUT2D eigenvalue weighted by Gasteiger charge is -2.12. The molecule has 37 heavy (non-hydrogen) atoms. The van der Waals surface area contributed by atoms with Crippen LogP contribution >= 0.6 is 0 Å². The molecule has 2 aromatic heterocycles. The van der Waals surface area contributed by atoms with Gasteiger partial charge in [0.15, 0.2) is 6.61 Å². The number of aryl methyl sites for hydroxylation is 2. The number of nitrogens with zero attached hydrogens (tertiary/aromatic N) is 2. The van der Waals surface area contributed by atoms with E-state index in [-0.39, 0.29) is 12.4 Å². The average molecular weight is 493 g/mol. The monoisotopic (exact) mass is 492 g/mol. The van der Waals surface area contributed by atoms with Crippen LogP contribution in [0, 0.1) is 20.8 Å². The minimum Gasteiger partial charge on any atom is -0.454 e. The van der Waals surface area contributed by atoms with Crippen molar-refractivity contribution < 1.29 is 14.3 Å². The van der Waals surface area contributed by atoms with E-state index in [9.17, 15) is 9.59 Å². The van der Waals surface area contributed by atoms with E-state index in [0.717, 1.165) is 64.1 Å². The van der Waals surface area contributed by atoms with Gasteiger partial charge in [-0.05, 0) is 74.9 Å². The van der Waals surface area contributed by atoms with Gasteiger partial charge in [-0.3, -0.25) is 4.79 Å². The van der Waals surface area contributed by atoms with E-state index in [1.165, 1.54) is 5.56 Å². The fraction of sp³-hybridized carbons (Fsp3) is 0.281. The summed E-state index contributed by atoms with van der Waals surface area (Å²) in [6.07, 6.45) is 4.65. The number of para-hydroxylation sites is 1. The van der Waals surface area contributed by atoms with Gasteiger partial charge in [0.1, 0.15) is 0 Å². The molecule has 2 heterocycles. The molecule has 0 radical (unpaired) electrons. The number of Topliss-reactive ketones (excluding diaryl/α,β-unsaturated/α-hetero) is 1. The number of hydrogen-bond donors (Lipinski definition) is 0. The second-order valence-electron chi connectivity index (χ2n) is 9.85. The molecule has 4 aromatic rings. The molecule has 1 aliphatic carbocycles. The normalized spacial score (nSPS) is 13.8. The number of fused-ring (bicyclic) bond motifs is 2. The third kappa shape index (κ3) is 4.74. The zero-order valence-corrected chi connectivity index (χ0v) is 21.9. The first-order valence-corrected chi connectivity index (χ1v) is 12.9. The smallest absolute Gasteiger partial charge is 0.339 e. The van der Waals surface area contributed by atoms with Gasteiger partial charge in [0.25, 0.3) is 0 Å². The number of carbonyl (C=O) groups excluding carboxylic acids is 2. The number of allylic oxidation sites excluding steroid dienone is 1. The van der Waals surface area contributed by atoms with Crippen LogP contribution in [0.5, 0.6) is 0 Å². The predicted molar refractivity (Wildman–Crippen MR) is 148 cm³/mol. The van der Waals surface area contributed by atoms with Crippen molar-refractivity contribution in [2.75, 3.05) is 6.61 Å². The second kappa shape index (κ2) is 10.2. The Hall–Kier alpha value is -3.99. The van der Waals surface area contributed by atoms with E-state index in [2.05, 4.69) is 48.8 Å². The van der Waals surface area contributed by atoms with Crippen molar-refractivity contribution in [2.24, 2.45) is 0 Å². The quantitative estimate of drug-likeness (QED) is 0.208. The van der Waals surface area contributed by atoms with Crippen LogP contribution < -0.4 is 0 Å². The highest BCUT2D eigenvalue weighted by molar-refractivity contribution is 6.08. The third-order valence-corrected chi connectivity index (χ3v) is 7.22. The molecular formula is C32H32N2O3. The van der Waals surface area contributed by atoms with Gasteiger partial charge in [-0.1, -0.05) is 55.0 Å². The van der Waals surface area contributed by atoms with Crippen LogP contribution in [-0.2, 0) is 17.7 Å². The minimum absolute atomic E-state index is 0.182. The molecule has 0 fully saturated rings. The average Bonchev–Trinajstić information content (AvgIpc) is 3.42. The van der Waals surface area contributed by atoms with Gasteiger partial charge < -0.3 is 9.30 Å². The Bertz CT molecular complexity index is 1540. The van der Waals surface area contributed by atoms with E-state index >= 15 is 0 Å². The lowest BCUT2D eigenvalue weighted by Crippen LogP contribution is -2.17. The second-order valence-corrected chi connectivity index (χ2v) is 9.85. The number of esters is 1. The Kier molecular flexibility index (Phi) is 6.79. The summed E-state index contributed by atoms with van der Waals surface area (Å²) in [6, 6.07) is 17.9. The molecule has 1 aliphatic rings. The molecule has 5 nitrogen and oxygen atoms in total. The molecule has 188 valence electrons. The van der Waals surface area contributed by atoms with Gasteiger partial charge in [0.05, 0.1) is 16.8 Å². The van der Waals surface area contributed by atoms with Crippen molar-refractivity contribution in [3.8, 4) is 0 Å². The highest BCUT2D eigenvalue weighted by Gasteiger charge is 2.28. The standard InChI is InChI=1S/C32H32N2O3/c1-5-16-34-21(3)17-27(22(34)4)29(35)19-37-32(36)30-25-8-6-7-9-28(25)33-31-24(14-15-26(30)31)18-23-12-10-20(2)11-13-23/h6-13,17-18H,5,14-16,19H2,1-4H3. The molecule has 0 spiro atoms. The van der Waals surface area contributed by atoms with Crippen LogP contribution in [0.2, 0.25) is 0 Å². The van der Waals surface area contributed by atoms with Crippen LogP contribution in [0.4, 0.5) is 0 Å². The zero-order valence-electron chi connectivity index (χ0n) is 21.9. The van der Waals surface area contributed by atoms with E-state index in [1.807, 2.05) is 44.2 Å². The number of hydrogen-bond acceptors (Lipinski definition) is 4. The van der Waals surface area contributed by atoms with Crippen LogP contribution in [-0.4, -0.2) is 27.9 Å². The summed E-state index contributed by atoms with van der Waals surface area (Å²) in [4.78, 5) is 31.5. The van der Waals surface area contributed by atoms with Gasteiger partial charge >= 0.3 is 5.97 Å². The lowest BCUT2D eigenvalue weighted by atomic mass is 10.0. The Morgan fingerprint density at radius 2 is 1.78 bits per heavy atom. The molecular weight excluding hydrogens is 460 g/mol. The van der Waals surface area contributed by atoms with Crippen LogP contribution in [0.1, 0.15) is 74.3 Å². The highest BCUT2D eigenvalue weighted by Crippen LogP contribution is 2.38. The van der Waals surface area contributed by atoms with Crippen LogP contribution in [0.25, 0.3) is 22.6 Å². The maximum absolute atomic E-state index is 13.5. The molecule has 2 aromatic carbocycles. The summed E-state index contributed by atoms with van der Waals surface area (Å²) < 4.78 is 7.80. The molecule has 0 saturated heterocycles. The zero-order chi connectivity index (χ0) is 26.1. The molecule has 5 heteroatoms. The van der Waals surface area contributed by atoms with Gasteiger partial charge in [-0.15, -0.1) is 0 Å². The summed E-state index contributed by atoms with van der Waals surface area (Å²) >= 11 is 0. The first-order chi connectivity index (χ1) is 17.9. The van der Waals surface area contributed by atoms with E-state index in [1.54, 1.807) is 0 Å². The summed E-state index contributed by atoms with van der Waals surface area (Å²) in [5.41, 5.74) is 9.03. The van der Waals surface area contributed by atoms with Gasteiger partial charge in [0, 0.05) is 28.9 Å². The van der Waals surface area contributed by atoms with Gasteiger partial charge in [0.2, 0.25) is 5.78 Å². The Balaban J connectivity index is 1.46. The fourth-order valence-electron chi connectivity index (χ4n) is 5.31. The van der Waals surface area contributed by atoms with Crippen molar-refractivity contribution in [3.05, 3.63) is 99.5 Å². The summed E-state index contributed by atoms with van der Waals surface area (Å²) in [5, 5.41) is 0.761. The fourth-order valence-corrected chi connectivity index (χ4v) is 5.31. The number of pyridine rings is 1. The number of benzene rings is 2. The molecule has 0 amide bonds. The number of ketones is 1. The van der Waals surface area contributed by atoms with E-state index < -0.39 is 5.97 Å². The van der Waals surface area contributed by atoms with E-state index in [4.69, 9.17) is 9.72 Å². The maximum Gasteiger partial charge on any atom is 0.339 e. The minimum atomic E-state index is -0.470. The van der Waals surface area contributed by atoms with Crippen LogP contribution in [0.15, 0.2) is 54.6 Å². The number of ether oxygens (including phenoxy) is 1. The first-order valence-electron chi connectivity index (χ1n) is 12.9. The summed E-state index contributed by atoms with van der Waals surface area (Å²) in [5.74, 6) is -0.652. The molecule has 0 atom stereocenters. The summed E-state index contributed by atoms with van der Waals surface area (Å²) in [7, 11) is 0. The molecule has 0 bridgehead atoms. The Labute approximate surface area is 217 Å². The number of rotatable bonds is 7. The summed E-state index contributed by atoms with van der Waals surface area (Å²) in [6.45, 7) is 8.70. The SMILES string of the molecule is CCCn1c(C)cc(C(=O)COC(=O)c2c3c(nc4ccccc24)C(=Cc2ccc(C)cc2)CC3)c1C. The Morgan fingerprint density at radius 3 is 2.54 bits per heavy atom. The number of aromatic nitrogens is 2. The van der Waals surface area contributed by atoms with Crippen molar-refractivity contribution in [2.45, 2.75) is 53.5 Å². The topological polar surface area (TPSA) is 61.2 Å². The largest absolute Gasteiger partial charge is 0.454 e. The molecule has 0 aliphatic heterocycles. The molecule has 0 saturated carbocycles. The molecule has 0 unspecified atom stereocenters. The van der Waals surface area contributed by atoms with Crippen LogP contribution in [0.3, 0.4) is 0 Å². The third-order valence-electron chi connectivity index (χ3n) is 7.22. The Morgan fingerprint density at radius 1 is 1.03 bits per heavy atom. The molecule has 5 rings (SSSR count). The van der Waals surface area contributed by atoms with Crippen molar-refractivity contribution in [1.82, 2.24) is 9.55 Å². The van der Waals surface area contributed by atoms with Gasteiger partial charge in [-0.2, -0.15) is 0 Å². The van der Waals surface area contributed by atoms with Crippen molar-refractivity contribution in [3.63, 3.8) is 0 Å². The molecule has 0 N–H and O–H groups in total. The van der Waals surface area contributed by atoms with Crippen molar-refractivity contribution >= 4 is 34.3 Å². The van der Waals surface area contributed by atoms with Crippen molar-refractivity contribution in [1.29, 1.82) is 0 Å². The lowest BCUT2D eigenvalue weighted by molar-refractivity contribution is 0.0475. The number of carbonyl (C=O) groups is 2. The predicted octanol–water partition coefficient (Wildman–Crippen LogP) is 6.90. The maximum atomic E-state index is 13.5. The van der Waals surface area contributed by atoms with Gasteiger partial charge in [-0.25, -0.2) is 9.78 Å².